The Morgan fingerprint density at radius 2 is 1.41 bits per heavy atom. The zero-order valence-corrected chi connectivity index (χ0v) is 60.5. The standard InChI is InChI=1S/C72H110N8O16S/c1-15-46(8)65(58(94-12)40-61(85)79-35-23-27-54(79)66(95-13)47(9)55(81)38-51(70(90)91)36-48-24-18-16-19-25-48)77(10)68(88)53(43(2)3)39-57(83)64(45(6)7)78(11)72(93)96-42-49-29-31-52(32-30-49)75-67(87)50(26-22-33-74-71(73)92)37-56(82)63(44(4)5)76-60(84)28-20-17-21-34-80-62(86)41-59(97-14)69(80)89/h16,18-19,24-25,29-32,43-47,50-51,53-54,58-59,63-66H,15,17,20-23,26-28,33-42H2,1-14H3,(H,75,87)(H,76,84)(H,90,91)(H3,73,74,92)/t46-,47-,50+,51+,53?,54-,58+,59?,63-,64-,65-,66+/m0/s1. The number of carbonyl (C=O) groups is 12. The lowest BCUT2D eigenvalue weighted by Crippen LogP contribution is -2.54. The maximum atomic E-state index is 14.9. The molecule has 2 aromatic carbocycles. The molecular formula is C72H110N8O16S. The van der Waals surface area contributed by atoms with Crippen LogP contribution in [0.3, 0.4) is 0 Å². The van der Waals surface area contributed by atoms with Crippen molar-refractivity contribution in [3.05, 3.63) is 65.7 Å². The van der Waals surface area contributed by atoms with Crippen LogP contribution in [0.5, 0.6) is 0 Å². The number of anilines is 1. The molecule has 0 spiro atoms. The Kier molecular flexibility index (Phi) is 34.4. The van der Waals surface area contributed by atoms with E-state index in [1.54, 1.807) is 82.0 Å². The summed E-state index contributed by atoms with van der Waals surface area (Å²) in [6.07, 6.45) is 3.29. The molecule has 0 radical (unpaired) electrons. The molecule has 12 atom stereocenters. The van der Waals surface area contributed by atoms with Crippen LogP contribution in [0.2, 0.25) is 0 Å². The molecule has 0 aliphatic carbocycles. The van der Waals surface area contributed by atoms with E-state index in [1.165, 1.54) is 42.8 Å². The van der Waals surface area contributed by atoms with E-state index in [9.17, 15) is 62.6 Å². The molecule has 24 nitrogen and oxygen atoms in total. The molecule has 25 heteroatoms. The molecule has 540 valence electrons. The molecule has 97 heavy (non-hydrogen) atoms. The Balaban J connectivity index is 1.37. The van der Waals surface area contributed by atoms with Crippen LogP contribution >= 0.6 is 11.8 Å². The van der Waals surface area contributed by atoms with Gasteiger partial charge in [0.15, 0.2) is 11.6 Å². The van der Waals surface area contributed by atoms with E-state index in [-0.39, 0.29) is 141 Å². The summed E-state index contributed by atoms with van der Waals surface area (Å²) >= 11 is 1.35. The zero-order valence-electron chi connectivity index (χ0n) is 59.6. The van der Waals surface area contributed by atoms with Gasteiger partial charge in [0.05, 0.1) is 54.0 Å². The molecule has 2 aliphatic heterocycles. The Bertz CT molecular complexity index is 2970. The number of thioether (sulfide) groups is 1. The summed E-state index contributed by atoms with van der Waals surface area (Å²) in [6, 6.07) is 12.0. The van der Waals surface area contributed by atoms with Crippen LogP contribution in [-0.2, 0) is 75.2 Å². The predicted molar refractivity (Wildman–Crippen MR) is 370 cm³/mol. The molecule has 2 aromatic rings. The topological polar surface area (TPSA) is 328 Å². The number of methoxy groups -OCH3 is 2. The van der Waals surface area contributed by atoms with Crippen molar-refractivity contribution in [2.45, 2.75) is 207 Å². The number of benzene rings is 2. The van der Waals surface area contributed by atoms with E-state index < -0.39 is 90.0 Å². The number of likely N-dealkylation sites (tertiary alicyclic amines) is 2. The largest absolute Gasteiger partial charge is 0.481 e. The van der Waals surface area contributed by atoms with E-state index >= 15 is 0 Å². The summed E-state index contributed by atoms with van der Waals surface area (Å²) in [6.45, 7) is 17.2. The number of carbonyl (C=O) groups excluding carboxylic acids is 11. The number of hydrogen-bond donors (Lipinski definition) is 5. The van der Waals surface area contributed by atoms with Gasteiger partial charge in [-0.05, 0) is 98.1 Å². The Morgan fingerprint density at radius 3 is 1.98 bits per heavy atom. The number of primary amides is 1. The molecule has 0 saturated carbocycles. The highest BCUT2D eigenvalue weighted by molar-refractivity contribution is 8.00. The van der Waals surface area contributed by atoms with E-state index in [0.717, 1.165) is 5.56 Å². The maximum Gasteiger partial charge on any atom is 0.410 e. The number of likely N-dealkylation sites (N-methyl/N-ethyl adjacent to an activating group) is 2. The number of carboxylic acid groups (broad SMARTS) is 1. The van der Waals surface area contributed by atoms with Gasteiger partial charge in [-0.2, -0.15) is 11.8 Å². The molecule has 0 aromatic heterocycles. The second kappa shape index (κ2) is 40.6. The Morgan fingerprint density at radius 1 is 0.753 bits per heavy atom. The Hall–Kier alpha value is -7.25. The molecule has 2 unspecified atom stereocenters. The number of unbranched alkanes of at least 4 members (excludes halogenated alkanes) is 2. The number of rotatable bonds is 43. The number of ketones is 3. The first-order chi connectivity index (χ1) is 45.9. The van der Waals surface area contributed by atoms with E-state index in [1.807, 2.05) is 58.0 Å². The molecule has 2 saturated heterocycles. The van der Waals surface area contributed by atoms with Crippen molar-refractivity contribution in [2.75, 3.05) is 59.5 Å². The Labute approximate surface area is 578 Å². The first kappa shape index (κ1) is 82.2. The fourth-order valence-corrected chi connectivity index (χ4v) is 14.0. The van der Waals surface area contributed by atoms with Crippen molar-refractivity contribution in [3.8, 4) is 0 Å². The van der Waals surface area contributed by atoms with Crippen molar-refractivity contribution in [3.63, 3.8) is 0 Å². The van der Waals surface area contributed by atoms with Crippen molar-refractivity contribution in [2.24, 2.45) is 53.1 Å². The number of nitrogens with two attached hydrogens (primary N) is 1. The molecule has 0 bridgehead atoms. The van der Waals surface area contributed by atoms with Gasteiger partial charge < -0.3 is 55.7 Å². The third-order valence-electron chi connectivity index (χ3n) is 19.2. The summed E-state index contributed by atoms with van der Waals surface area (Å²) in [7, 11) is 6.13. The van der Waals surface area contributed by atoms with Crippen molar-refractivity contribution >= 4 is 88.3 Å². The van der Waals surface area contributed by atoms with Gasteiger partial charge in [-0.25, -0.2) is 9.59 Å². The van der Waals surface area contributed by atoms with Crippen LogP contribution in [0.15, 0.2) is 54.6 Å². The second-order valence-corrected chi connectivity index (χ2v) is 28.3. The van der Waals surface area contributed by atoms with Gasteiger partial charge in [0, 0.05) is 103 Å². The second-order valence-electron chi connectivity index (χ2n) is 27.3. The number of ether oxygens (including phenoxy) is 3. The number of urea groups is 1. The number of Topliss-reactive ketones (excluding diaryl/α,β-unsaturated/α-hetero) is 3. The van der Waals surface area contributed by atoms with Gasteiger partial charge in [0.2, 0.25) is 35.4 Å². The van der Waals surface area contributed by atoms with Crippen LogP contribution in [0.25, 0.3) is 0 Å². The van der Waals surface area contributed by atoms with Gasteiger partial charge in [0.25, 0.3) is 0 Å². The highest BCUT2D eigenvalue weighted by Gasteiger charge is 2.45. The smallest absolute Gasteiger partial charge is 0.410 e. The first-order valence-electron chi connectivity index (χ1n) is 34.4. The molecule has 2 aliphatic rings. The van der Waals surface area contributed by atoms with Gasteiger partial charge in [0.1, 0.15) is 12.4 Å². The van der Waals surface area contributed by atoms with Crippen LogP contribution in [0, 0.1) is 47.3 Å². The summed E-state index contributed by atoms with van der Waals surface area (Å²) in [4.78, 5) is 167. The lowest BCUT2D eigenvalue weighted by Gasteiger charge is -2.41. The quantitative estimate of drug-likeness (QED) is 0.0307. The summed E-state index contributed by atoms with van der Waals surface area (Å²) in [5, 5.41) is 17.9. The monoisotopic (exact) mass is 1370 g/mol. The number of hydrogen-bond acceptors (Lipinski definition) is 16. The van der Waals surface area contributed by atoms with Gasteiger partial charge in [-0.15, -0.1) is 0 Å². The van der Waals surface area contributed by atoms with Crippen molar-refractivity contribution in [1.82, 2.24) is 30.2 Å². The highest BCUT2D eigenvalue weighted by Crippen LogP contribution is 2.33. The lowest BCUT2D eigenvalue weighted by molar-refractivity contribution is -0.149. The number of imide groups is 1. The van der Waals surface area contributed by atoms with Gasteiger partial charge >= 0.3 is 18.1 Å². The third kappa shape index (κ3) is 24.6. The average Bonchev–Trinajstić information content (AvgIpc) is 1.63. The molecule has 4 rings (SSSR count). The third-order valence-corrected chi connectivity index (χ3v) is 20.2. The van der Waals surface area contributed by atoms with E-state index in [4.69, 9.17) is 19.9 Å². The molecule has 6 N–H and O–H groups in total. The van der Waals surface area contributed by atoms with E-state index in [0.29, 0.717) is 62.7 Å². The van der Waals surface area contributed by atoms with Crippen molar-refractivity contribution in [1.29, 1.82) is 0 Å². The average molecular weight is 1380 g/mol. The lowest BCUT2D eigenvalue weighted by atomic mass is 9.83. The van der Waals surface area contributed by atoms with Crippen LogP contribution in [0.4, 0.5) is 15.3 Å². The molecule has 9 amide bonds. The molecule has 2 fully saturated rings. The fraction of sp³-hybridized carbons (Fsp3) is 0.667. The number of aliphatic carboxylic acids is 1. The molecular weight excluding hydrogens is 1260 g/mol. The zero-order chi connectivity index (χ0) is 72.4. The number of nitrogens with zero attached hydrogens (tertiary/aromatic N) is 4. The van der Waals surface area contributed by atoms with Crippen LogP contribution < -0.4 is 21.7 Å². The summed E-state index contributed by atoms with van der Waals surface area (Å²) < 4.78 is 17.8. The van der Waals surface area contributed by atoms with Crippen molar-refractivity contribution < 1.29 is 76.9 Å². The normalized spacial score (nSPS) is 17.9. The minimum absolute atomic E-state index is 0.0975. The molecule has 2 heterocycles. The number of carboxylic acids is 1. The number of amides is 9. The summed E-state index contributed by atoms with van der Waals surface area (Å²) in [5.74, 6) is -8.33. The van der Waals surface area contributed by atoms with E-state index in [2.05, 4.69) is 16.0 Å². The SMILES string of the molecule is CC[C@H](C)[C@@H]([C@@H](CC(=O)N1CCC[C@H]1[C@H](OC)[C@@H](C)C(=O)C[C@@H](Cc1ccccc1)C(=O)O)OC)N(C)C(=O)C(CC(=O)[C@H](C(C)C)N(C)C(=O)OCc1ccc(NC(=O)[C@H](CCCNC(N)=O)CC(=O)[C@@H](NC(=O)CCCCCN2C(=O)CC(SC)C2=O)C(C)C)cc1)C(C)C. The summed E-state index contributed by atoms with van der Waals surface area (Å²) in [5.41, 5.74) is 7.01. The minimum Gasteiger partial charge on any atom is -0.481 e. The minimum atomic E-state index is -1.07. The maximum absolute atomic E-state index is 14.9. The predicted octanol–water partition coefficient (Wildman–Crippen LogP) is 8.49. The van der Waals surface area contributed by atoms with Crippen LogP contribution in [0.1, 0.15) is 163 Å². The first-order valence-corrected chi connectivity index (χ1v) is 35.7. The number of nitrogens with one attached hydrogen (secondary N) is 3. The van der Waals surface area contributed by atoms with Crippen LogP contribution in [-0.4, -0.2) is 191 Å². The van der Waals surface area contributed by atoms with Gasteiger partial charge in [-0.1, -0.05) is 118 Å². The highest BCUT2D eigenvalue weighted by atomic mass is 32.2. The van der Waals surface area contributed by atoms with Gasteiger partial charge in [-0.3, -0.25) is 52.8 Å². The fourth-order valence-electron chi connectivity index (χ4n) is 13.4.